The first-order chi connectivity index (χ1) is 13.1. The molecule has 2 aromatic carbocycles. The molecular weight excluding hydrogens is 348 g/mol. The molecule has 0 fully saturated rings. The Balaban J connectivity index is 2.35. The number of ether oxygens (including phenoxy) is 3. The van der Waals surface area contributed by atoms with Crippen LogP contribution in [0.4, 0.5) is 0 Å². The average Bonchev–Trinajstić information content (AvgIpc) is 2.68. The SMILES string of the molecule is CCOC(=O)c1oc2cc(OCC)ccc2c(=O)c1-c1ccccc1OC. The zero-order valence-corrected chi connectivity index (χ0v) is 15.4. The number of methoxy groups -OCH3 is 1. The summed E-state index contributed by atoms with van der Waals surface area (Å²) in [5.41, 5.74) is 0.495. The topological polar surface area (TPSA) is 75.0 Å². The van der Waals surface area contributed by atoms with Crippen LogP contribution in [0.15, 0.2) is 51.7 Å². The third-order valence-corrected chi connectivity index (χ3v) is 4.01. The second kappa shape index (κ2) is 7.95. The molecule has 0 saturated heterocycles. The monoisotopic (exact) mass is 368 g/mol. The number of esters is 1. The van der Waals surface area contributed by atoms with Crippen molar-refractivity contribution in [1.29, 1.82) is 0 Å². The molecular formula is C21H20O6. The summed E-state index contributed by atoms with van der Waals surface area (Å²) in [6.45, 7) is 4.17. The molecule has 0 bridgehead atoms. The van der Waals surface area contributed by atoms with Gasteiger partial charge in [-0.2, -0.15) is 0 Å². The number of fused-ring (bicyclic) bond motifs is 1. The summed E-state index contributed by atoms with van der Waals surface area (Å²) < 4.78 is 21.7. The van der Waals surface area contributed by atoms with Crippen LogP contribution in [0.1, 0.15) is 24.4 Å². The van der Waals surface area contributed by atoms with Gasteiger partial charge in [0.15, 0.2) is 0 Å². The molecule has 0 spiro atoms. The quantitative estimate of drug-likeness (QED) is 0.611. The van der Waals surface area contributed by atoms with Gasteiger partial charge in [0.05, 0.1) is 31.3 Å². The van der Waals surface area contributed by atoms with Gasteiger partial charge >= 0.3 is 5.97 Å². The van der Waals surface area contributed by atoms with Gasteiger partial charge in [-0.3, -0.25) is 4.79 Å². The molecule has 0 atom stereocenters. The minimum Gasteiger partial charge on any atom is -0.496 e. The number of hydrogen-bond acceptors (Lipinski definition) is 6. The molecule has 140 valence electrons. The molecule has 27 heavy (non-hydrogen) atoms. The summed E-state index contributed by atoms with van der Waals surface area (Å²) >= 11 is 0. The summed E-state index contributed by atoms with van der Waals surface area (Å²) in [4.78, 5) is 25.7. The van der Waals surface area contributed by atoms with Crippen LogP contribution in [-0.4, -0.2) is 26.3 Å². The fourth-order valence-electron chi connectivity index (χ4n) is 2.87. The standard InChI is InChI=1S/C21H20O6/c1-4-25-13-10-11-15-17(12-13)27-20(21(23)26-5-2)18(19(15)22)14-8-6-7-9-16(14)24-3/h6-12H,4-5H2,1-3H3. The van der Waals surface area contributed by atoms with Crippen LogP contribution in [-0.2, 0) is 4.74 Å². The van der Waals surface area contributed by atoms with Crippen molar-refractivity contribution in [3.63, 3.8) is 0 Å². The van der Waals surface area contributed by atoms with Crippen LogP contribution < -0.4 is 14.9 Å². The lowest BCUT2D eigenvalue weighted by Crippen LogP contribution is -2.15. The molecule has 6 heteroatoms. The molecule has 0 amide bonds. The predicted molar refractivity (Wildman–Crippen MR) is 102 cm³/mol. The van der Waals surface area contributed by atoms with Crippen LogP contribution in [0.5, 0.6) is 11.5 Å². The average molecular weight is 368 g/mol. The van der Waals surface area contributed by atoms with Gasteiger partial charge in [0.1, 0.15) is 17.1 Å². The smallest absolute Gasteiger partial charge is 0.375 e. The minimum absolute atomic E-state index is 0.113. The lowest BCUT2D eigenvalue weighted by molar-refractivity contribution is 0.0492. The maximum absolute atomic E-state index is 13.2. The highest BCUT2D eigenvalue weighted by Gasteiger charge is 2.25. The summed E-state index contributed by atoms with van der Waals surface area (Å²) in [6.07, 6.45) is 0. The maximum atomic E-state index is 13.2. The van der Waals surface area contributed by atoms with Crippen LogP contribution in [0.2, 0.25) is 0 Å². The number of benzene rings is 2. The lowest BCUT2D eigenvalue weighted by Gasteiger charge is -2.13. The van der Waals surface area contributed by atoms with E-state index in [9.17, 15) is 9.59 Å². The van der Waals surface area contributed by atoms with Gasteiger partial charge in [-0.05, 0) is 32.0 Å². The third-order valence-electron chi connectivity index (χ3n) is 4.01. The summed E-state index contributed by atoms with van der Waals surface area (Å²) in [5, 5.41) is 0.340. The van der Waals surface area contributed by atoms with Crippen molar-refractivity contribution >= 4 is 16.9 Å². The van der Waals surface area contributed by atoms with Gasteiger partial charge in [0.25, 0.3) is 0 Å². The van der Waals surface area contributed by atoms with Crippen molar-refractivity contribution < 1.29 is 23.4 Å². The van der Waals surface area contributed by atoms with Gasteiger partial charge in [-0.25, -0.2) is 4.79 Å². The Morgan fingerprint density at radius 3 is 2.56 bits per heavy atom. The van der Waals surface area contributed by atoms with Crippen LogP contribution in [0.25, 0.3) is 22.1 Å². The van der Waals surface area contributed by atoms with E-state index in [1.54, 1.807) is 49.4 Å². The molecule has 0 aliphatic heterocycles. The van der Waals surface area contributed by atoms with E-state index in [0.29, 0.717) is 29.1 Å². The highest BCUT2D eigenvalue weighted by Crippen LogP contribution is 2.33. The molecule has 0 saturated carbocycles. The van der Waals surface area contributed by atoms with Crippen molar-refractivity contribution in [1.82, 2.24) is 0 Å². The Morgan fingerprint density at radius 1 is 1.07 bits per heavy atom. The van der Waals surface area contributed by atoms with Gasteiger partial charge in [-0.1, -0.05) is 18.2 Å². The van der Waals surface area contributed by atoms with Gasteiger partial charge < -0.3 is 18.6 Å². The molecule has 0 N–H and O–H groups in total. The number of hydrogen-bond donors (Lipinski definition) is 0. The number of para-hydroxylation sites is 1. The van der Waals surface area contributed by atoms with E-state index >= 15 is 0 Å². The first-order valence-corrected chi connectivity index (χ1v) is 8.64. The first kappa shape index (κ1) is 18.5. The first-order valence-electron chi connectivity index (χ1n) is 8.64. The van der Waals surface area contributed by atoms with Crippen molar-refractivity contribution in [2.24, 2.45) is 0 Å². The van der Waals surface area contributed by atoms with E-state index in [1.165, 1.54) is 7.11 Å². The van der Waals surface area contributed by atoms with E-state index in [-0.39, 0.29) is 28.9 Å². The second-order valence-electron chi connectivity index (χ2n) is 5.65. The zero-order chi connectivity index (χ0) is 19.4. The van der Waals surface area contributed by atoms with Crippen molar-refractivity contribution in [2.45, 2.75) is 13.8 Å². The predicted octanol–water partition coefficient (Wildman–Crippen LogP) is 4.04. The maximum Gasteiger partial charge on any atom is 0.375 e. The van der Waals surface area contributed by atoms with Crippen LogP contribution in [0, 0.1) is 0 Å². The number of carbonyl (C=O) groups is 1. The van der Waals surface area contributed by atoms with Crippen LogP contribution >= 0.6 is 0 Å². The Morgan fingerprint density at radius 2 is 1.85 bits per heavy atom. The minimum atomic E-state index is -0.709. The third kappa shape index (κ3) is 3.51. The lowest BCUT2D eigenvalue weighted by atomic mass is 10.0. The Bertz CT molecular complexity index is 1030. The van der Waals surface area contributed by atoms with Gasteiger partial charge in [-0.15, -0.1) is 0 Å². The van der Waals surface area contributed by atoms with Crippen LogP contribution in [0.3, 0.4) is 0 Å². The van der Waals surface area contributed by atoms with E-state index in [2.05, 4.69) is 0 Å². The second-order valence-corrected chi connectivity index (χ2v) is 5.65. The fourth-order valence-corrected chi connectivity index (χ4v) is 2.87. The normalized spacial score (nSPS) is 10.6. The molecule has 3 rings (SSSR count). The largest absolute Gasteiger partial charge is 0.496 e. The Kier molecular flexibility index (Phi) is 5.45. The molecule has 0 radical (unpaired) electrons. The van der Waals surface area contributed by atoms with Crippen molar-refractivity contribution in [2.75, 3.05) is 20.3 Å². The zero-order valence-electron chi connectivity index (χ0n) is 15.4. The Hall–Kier alpha value is -3.28. The number of carbonyl (C=O) groups excluding carboxylic acids is 1. The van der Waals surface area contributed by atoms with Crippen molar-refractivity contribution in [3.05, 3.63) is 58.4 Å². The summed E-state index contributed by atoms with van der Waals surface area (Å²) in [5.74, 6) is 0.139. The van der Waals surface area contributed by atoms with E-state index < -0.39 is 5.97 Å². The highest BCUT2D eigenvalue weighted by molar-refractivity contribution is 5.98. The molecule has 3 aromatic rings. The molecule has 0 unspecified atom stereocenters. The molecule has 1 aromatic heterocycles. The van der Waals surface area contributed by atoms with E-state index in [0.717, 1.165) is 0 Å². The molecule has 6 nitrogen and oxygen atoms in total. The fraction of sp³-hybridized carbons (Fsp3) is 0.238. The van der Waals surface area contributed by atoms with E-state index in [1.807, 2.05) is 6.92 Å². The molecule has 0 aliphatic carbocycles. The van der Waals surface area contributed by atoms with Gasteiger partial charge in [0.2, 0.25) is 11.2 Å². The molecule has 1 heterocycles. The summed E-state index contributed by atoms with van der Waals surface area (Å²) in [6, 6.07) is 11.9. The highest BCUT2D eigenvalue weighted by atomic mass is 16.5. The molecule has 0 aliphatic rings. The Labute approximate surface area is 156 Å². The van der Waals surface area contributed by atoms with Crippen molar-refractivity contribution in [3.8, 4) is 22.6 Å². The summed E-state index contributed by atoms with van der Waals surface area (Å²) in [7, 11) is 1.50. The number of rotatable bonds is 6. The van der Waals surface area contributed by atoms with E-state index in [4.69, 9.17) is 18.6 Å². The van der Waals surface area contributed by atoms with Gasteiger partial charge in [0, 0.05) is 11.6 Å².